The third kappa shape index (κ3) is 3.23. The molecule has 1 saturated heterocycles. The van der Waals surface area contributed by atoms with Gasteiger partial charge in [-0.15, -0.1) is 0 Å². The number of aromatic nitrogens is 3. The van der Waals surface area contributed by atoms with E-state index in [9.17, 15) is 4.79 Å². The summed E-state index contributed by atoms with van der Waals surface area (Å²) in [5.41, 5.74) is 1.75. The van der Waals surface area contributed by atoms with Gasteiger partial charge in [-0.2, -0.15) is 9.61 Å². The number of hydrogen-bond donors (Lipinski definition) is 1. The molecule has 3 heterocycles. The number of piperazine rings is 1. The first kappa shape index (κ1) is 17.1. The first-order chi connectivity index (χ1) is 12.7. The van der Waals surface area contributed by atoms with Crippen molar-refractivity contribution in [2.24, 2.45) is 0 Å². The van der Waals surface area contributed by atoms with Crippen molar-refractivity contribution in [3.05, 3.63) is 57.0 Å². The number of nitrogens with zero attached hydrogens (tertiary/aromatic N) is 4. The van der Waals surface area contributed by atoms with Gasteiger partial charge < -0.3 is 10.1 Å². The molecule has 7 nitrogen and oxygen atoms in total. The zero-order valence-electron chi connectivity index (χ0n) is 14.8. The molecule has 1 unspecified atom stereocenters. The molecule has 4 rings (SSSR count). The largest absolute Gasteiger partial charge is 0.496 e. The zero-order chi connectivity index (χ0) is 18.1. The third-order valence-corrected chi connectivity index (χ3v) is 5.50. The molecule has 0 saturated carbocycles. The molecule has 0 aliphatic carbocycles. The topological polar surface area (TPSA) is 71.8 Å². The molecule has 136 valence electrons. The molecule has 0 amide bonds. The van der Waals surface area contributed by atoms with E-state index in [1.54, 1.807) is 7.11 Å². The van der Waals surface area contributed by atoms with Crippen molar-refractivity contribution >= 4 is 16.3 Å². The first-order valence-corrected chi connectivity index (χ1v) is 9.41. The van der Waals surface area contributed by atoms with Crippen molar-refractivity contribution in [1.82, 2.24) is 24.8 Å². The fraction of sp³-hybridized carbons (Fsp3) is 0.389. The first-order valence-electron chi connectivity index (χ1n) is 8.60. The maximum absolute atomic E-state index is 12.1. The van der Waals surface area contributed by atoms with Crippen LogP contribution < -0.4 is 15.6 Å². The highest BCUT2D eigenvalue weighted by molar-refractivity contribution is 7.16. The quantitative estimate of drug-likeness (QED) is 0.751. The number of aryl methyl sites for hydroxylation is 1. The van der Waals surface area contributed by atoms with E-state index in [2.05, 4.69) is 26.4 Å². The van der Waals surface area contributed by atoms with Crippen LogP contribution in [0.3, 0.4) is 0 Å². The summed E-state index contributed by atoms with van der Waals surface area (Å²) in [5, 5.41) is 8.84. The van der Waals surface area contributed by atoms with Gasteiger partial charge in [-0.25, -0.2) is 4.98 Å². The Labute approximate surface area is 155 Å². The summed E-state index contributed by atoms with van der Waals surface area (Å²) < 4.78 is 6.95. The Morgan fingerprint density at radius 3 is 3.08 bits per heavy atom. The Hall–Kier alpha value is -2.29. The SMILES string of the molecule is COc1ccccc1C1CNCCN1Cc1nn2c(=O)cc(C)nc2s1. The van der Waals surface area contributed by atoms with Crippen LogP contribution in [0.4, 0.5) is 0 Å². The van der Waals surface area contributed by atoms with E-state index in [0.717, 1.165) is 41.6 Å². The lowest BCUT2D eigenvalue weighted by Gasteiger charge is -2.36. The number of para-hydroxylation sites is 1. The van der Waals surface area contributed by atoms with E-state index < -0.39 is 0 Å². The third-order valence-electron chi connectivity index (χ3n) is 4.61. The monoisotopic (exact) mass is 371 g/mol. The van der Waals surface area contributed by atoms with E-state index in [4.69, 9.17) is 4.74 Å². The average molecular weight is 371 g/mol. The fourth-order valence-corrected chi connectivity index (χ4v) is 4.35. The predicted octanol–water partition coefficient (Wildman–Crippen LogP) is 1.61. The van der Waals surface area contributed by atoms with Crippen molar-refractivity contribution < 1.29 is 4.74 Å². The molecule has 2 aromatic heterocycles. The van der Waals surface area contributed by atoms with Gasteiger partial charge >= 0.3 is 0 Å². The van der Waals surface area contributed by atoms with Crippen molar-refractivity contribution in [2.45, 2.75) is 19.5 Å². The van der Waals surface area contributed by atoms with Crippen molar-refractivity contribution in [2.75, 3.05) is 26.7 Å². The minimum Gasteiger partial charge on any atom is -0.496 e. The molecule has 0 spiro atoms. The Morgan fingerprint density at radius 2 is 2.23 bits per heavy atom. The highest BCUT2D eigenvalue weighted by Crippen LogP contribution is 2.31. The summed E-state index contributed by atoms with van der Waals surface area (Å²) >= 11 is 1.47. The lowest BCUT2D eigenvalue weighted by Crippen LogP contribution is -2.45. The van der Waals surface area contributed by atoms with Crippen LogP contribution in [0.2, 0.25) is 0 Å². The zero-order valence-corrected chi connectivity index (χ0v) is 15.6. The lowest BCUT2D eigenvalue weighted by atomic mass is 10.0. The summed E-state index contributed by atoms with van der Waals surface area (Å²) in [6.45, 7) is 5.18. The van der Waals surface area contributed by atoms with Gasteiger partial charge in [-0.3, -0.25) is 9.69 Å². The van der Waals surface area contributed by atoms with Gasteiger partial charge in [0.1, 0.15) is 10.8 Å². The highest BCUT2D eigenvalue weighted by Gasteiger charge is 2.27. The van der Waals surface area contributed by atoms with E-state index in [0.29, 0.717) is 11.5 Å². The van der Waals surface area contributed by atoms with Crippen LogP contribution in [-0.4, -0.2) is 46.2 Å². The second kappa shape index (κ2) is 7.14. The van der Waals surface area contributed by atoms with Crippen molar-refractivity contribution in [3.8, 4) is 5.75 Å². The number of benzene rings is 1. The average Bonchev–Trinajstić information content (AvgIpc) is 3.05. The Kier molecular flexibility index (Phi) is 4.71. The number of fused-ring (bicyclic) bond motifs is 1. The lowest BCUT2D eigenvalue weighted by molar-refractivity contribution is 0.150. The van der Waals surface area contributed by atoms with Crippen LogP contribution in [0.5, 0.6) is 5.75 Å². The minimum absolute atomic E-state index is 0.128. The normalized spacial score (nSPS) is 18.3. The smallest absolute Gasteiger partial charge is 0.275 e. The Balaban J connectivity index is 1.65. The summed E-state index contributed by atoms with van der Waals surface area (Å²) in [6.07, 6.45) is 0. The number of rotatable bonds is 4. The van der Waals surface area contributed by atoms with E-state index in [1.807, 2.05) is 25.1 Å². The predicted molar refractivity (Wildman–Crippen MR) is 101 cm³/mol. The highest BCUT2D eigenvalue weighted by atomic mass is 32.1. The summed E-state index contributed by atoms with van der Waals surface area (Å²) in [7, 11) is 1.70. The number of ether oxygens (including phenoxy) is 1. The molecular weight excluding hydrogens is 350 g/mol. The molecule has 0 bridgehead atoms. The Bertz CT molecular complexity index is 983. The molecule has 0 radical (unpaired) electrons. The second-order valence-electron chi connectivity index (χ2n) is 6.36. The maximum atomic E-state index is 12.1. The molecule has 1 atom stereocenters. The van der Waals surface area contributed by atoms with Crippen LogP contribution in [0.25, 0.3) is 4.96 Å². The summed E-state index contributed by atoms with van der Waals surface area (Å²) in [4.78, 5) is 19.6. The standard InChI is InChI=1S/C18H21N5O2S/c1-12-9-17(24)23-18(20-12)26-16(21-23)11-22-8-7-19-10-14(22)13-5-3-4-6-15(13)25-2/h3-6,9,14,19H,7-8,10-11H2,1-2H3. The van der Waals surface area contributed by atoms with Gasteiger partial charge in [-0.05, 0) is 13.0 Å². The van der Waals surface area contributed by atoms with Crippen LogP contribution in [0.15, 0.2) is 35.1 Å². The number of hydrogen-bond acceptors (Lipinski definition) is 7. The van der Waals surface area contributed by atoms with Crippen molar-refractivity contribution in [1.29, 1.82) is 0 Å². The summed E-state index contributed by atoms with van der Waals surface area (Å²) in [6, 6.07) is 9.83. The van der Waals surface area contributed by atoms with Crippen LogP contribution in [0.1, 0.15) is 22.3 Å². The molecule has 1 aliphatic heterocycles. The molecular formula is C18H21N5O2S. The van der Waals surface area contributed by atoms with Gasteiger partial charge in [0.15, 0.2) is 0 Å². The molecule has 1 fully saturated rings. The fourth-order valence-electron chi connectivity index (χ4n) is 3.38. The van der Waals surface area contributed by atoms with Crippen LogP contribution >= 0.6 is 11.3 Å². The summed E-state index contributed by atoms with van der Waals surface area (Å²) in [5.74, 6) is 0.893. The van der Waals surface area contributed by atoms with Crippen LogP contribution in [-0.2, 0) is 6.54 Å². The number of nitrogens with one attached hydrogen (secondary N) is 1. The molecule has 1 aliphatic rings. The van der Waals surface area contributed by atoms with Gasteiger partial charge in [0.25, 0.3) is 5.56 Å². The van der Waals surface area contributed by atoms with E-state index in [1.165, 1.54) is 21.9 Å². The van der Waals surface area contributed by atoms with Gasteiger partial charge in [0.2, 0.25) is 4.96 Å². The van der Waals surface area contributed by atoms with E-state index >= 15 is 0 Å². The van der Waals surface area contributed by atoms with Gasteiger partial charge in [-0.1, -0.05) is 29.5 Å². The molecule has 1 aromatic carbocycles. The van der Waals surface area contributed by atoms with E-state index in [-0.39, 0.29) is 11.6 Å². The second-order valence-corrected chi connectivity index (χ2v) is 7.40. The minimum atomic E-state index is -0.128. The molecule has 8 heteroatoms. The molecule has 3 aromatic rings. The molecule has 1 N–H and O–H groups in total. The van der Waals surface area contributed by atoms with Crippen LogP contribution in [0, 0.1) is 6.92 Å². The van der Waals surface area contributed by atoms with Gasteiger partial charge in [0, 0.05) is 37.0 Å². The number of methoxy groups -OCH3 is 1. The maximum Gasteiger partial charge on any atom is 0.275 e. The van der Waals surface area contributed by atoms with Gasteiger partial charge in [0.05, 0.1) is 19.7 Å². The Morgan fingerprint density at radius 1 is 1.38 bits per heavy atom. The molecule has 26 heavy (non-hydrogen) atoms. The van der Waals surface area contributed by atoms with Crippen molar-refractivity contribution in [3.63, 3.8) is 0 Å².